The lowest BCUT2D eigenvalue weighted by atomic mass is 10.5. The molecule has 0 radical (unpaired) electrons. The molecular weight excluding hydrogens is 174 g/mol. The molecule has 4 nitrogen and oxygen atoms in total. The maximum atomic E-state index is 5.36. The van der Waals surface area contributed by atoms with Crippen LogP contribution in [0.1, 0.15) is 18.4 Å². The van der Waals surface area contributed by atoms with Crippen molar-refractivity contribution in [2.24, 2.45) is 0 Å². The molecule has 0 aromatic carbocycles. The van der Waals surface area contributed by atoms with Gasteiger partial charge in [-0.25, -0.2) is 4.98 Å². The molecule has 0 aliphatic heterocycles. The second-order valence-corrected chi connectivity index (χ2v) is 3.25. The maximum Gasteiger partial charge on any atom is 0.232 e. The third kappa shape index (κ3) is 3.15. The molecule has 0 spiro atoms. The third-order valence-corrected chi connectivity index (χ3v) is 2.08. The van der Waals surface area contributed by atoms with Crippen LogP contribution in [0.4, 0.5) is 5.95 Å². The summed E-state index contributed by atoms with van der Waals surface area (Å²) in [4.78, 5) is 4.01. The van der Waals surface area contributed by atoms with E-state index in [1.807, 2.05) is 0 Å². The molecule has 1 heterocycles. The number of nitrogens with zero attached hydrogens (tertiary/aromatic N) is 2. The van der Waals surface area contributed by atoms with E-state index in [1.54, 1.807) is 0 Å². The summed E-state index contributed by atoms with van der Waals surface area (Å²) in [6.07, 6.45) is 1.87. The van der Waals surface area contributed by atoms with Gasteiger partial charge in [-0.05, 0) is 18.0 Å². The van der Waals surface area contributed by atoms with E-state index in [0.717, 1.165) is 24.5 Å². The van der Waals surface area contributed by atoms with Gasteiger partial charge in [-0.1, -0.05) is 6.92 Å². The molecule has 0 atom stereocenters. The number of hydrogen-bond acceptors (Lipinski definition) is 5. The fraction of sp³-hybridized carbons (Fsp3) is 0.714. The van der Waals surface area contributed by atoms with Crippen molar-refractivity contribution in [3.8, 4) is 0 Å². The van der Waals surface area contributed by atoms with E-state index in [4.69, 9.17) is 10.5 Å². The Balaban J connectivity index is 2.15. The number of aromatic nitrogens is 2. The Hall–Kier alpha value is -0.680. The second kappa shape index (κ2) is 5.05. The second-order valence-electron chi connectivity index (χ2n) is 2.41. The Bertz CT molecular complexity index is 226. The van der Waals surface area contributed by atoms with Crippen LogP contribution in [0.3, 0.4) is 0 Å². The van der Waals surface area contributed by atoms with Crippen LogP contribution in [0.5, 0.6) is 0 Å². The van der Waals surface area contributed by atoms with Gasteiger partial charge in [-0.15, -0.1) is 0 Å². The van der Waals surface area contributed by atoms with E-state index in [-0.39, 0.29) is 0 Å². The third-order valence-electron chi connectivity index (χ3n) is 1.29. The molecule has 68 valence electrons. The van der Waals surface area contributed by atoms with Gasteiger partial charge in [0.25, 0.3) is 0 Å². The molecule has 0 unspecified atom stereocenters. The normalized spacial score (nSPS) is 10.4. The highest BCUT2D eigenvalue weighted by Crippen LogP contribution is 2.06. The van der Waals surface area contributed by atoms with Gasteiger partial charge in [0.1, 0.15) is 5.01 Å². The Morgan fingerprint density at radius 1 is 1.50 bits per heavy atom. The summed E-state index contributed by atoms with van der Waals surface area (Å²) in [7, 11) is 0. The van der Waals surface area contributed by atoms with Gasteiger partial charge in [-0.3, -0.25) is 0 Å². The van der Waals surface area contributed by atoms with Gasteiger partial charge in [0.2, 0.25) is 5.95 Å². The molecule has 0 saturated heterocycles. The minimum absolute atomic E-state index is 0.366. The van der Waals surface area contributed by atoms with Gasteiger partial charge in [0.15, 0.2) is 0 Å². The molecule has 2 N–H and O–H groups in total. The van der Waals surface area contributed by atoms with Crippen LogP contribution in [-0.4, -0.2) is 22.6 Å². The van der Waals surface area contributed by atoms with Crippen molar-refractivity contribution in [2.75, 3.05) is 18.9 Å². The van der Waals surface area contributed by atoms with E-state index in [1.165, 1.54) is 11.5 Å². The molecule has 12 heavy (non-hydrogen) atoms. The zero-order valence-corrected chi connectivity index (χ0v) is 7.93. The van der Waals surface area contributed by atoms with E-state index < -0.39 is 0 Å². The fourth-order valence-corrected chi connectivity index (χ4v) is 1.32. The van der Waals surface area contributed by atoms with Crippen LogP contribution in [0, 0.1) is 0 Å². The summed E-state index contributed by atoms with van der Waals surface area (Å²) in [6.45, 7) is 3.61. The molecule has 0 bridgehead atoms. The van der Waals surface area contributed by atoms with E-state index in [2.05, 4.69) is 16.3 Å². The monoisotopic (exact) mass is 187 g/mol. The molecule has 1 aromatic rings. The van der Waals surface area contributed by atoms with Crippen molar-refractivity contribution in [3.05, 3.63) is 5.01 Å². The van der Waals surface area contributed by atoms with Crippen LogP contribution in [-0.2, 0) is 11.2 Å². The van der Waals surface area contributed by atoms with Crippen molar-refractivity contribution in [3.63, 3.8) is 0 Å². The van der Waals surface area contributed by atoms with Gasteiger partial charge in [0, 0.05) is 13.0 Å². The Kier molecular flexibility index (Phi) is 3.96. The lowest BCUT2D eigenvalue weighted by Crippen LogP contribution is -1.99. The van der Waals surface area contributed by atoms with Crippen LogP contribution in [0.25, 0.3) is 0 Å². The summed E-state index contributed by atoms with van der Waals surface area (Å²) >= 11 is 1.34. The van der Waals surface area contributed by atoms with Crippen molar-refractivity contribution in [2.45, 2.75) is 19.8 Å². The molecule has 0 aliphatic carbocycles. The average Bonchev–Trinajstić information content (AvgIpc) is 2.45. The first-order chi connectivity index (χ1) is 5.83. The molecule has 1 rings (SSSR count). The summed E-state index contributed by atoms with van der Waals surface area (Å²) < 4.78 is 9.16. The first-order valence-corrected chi connectivity index (χ1v) is 4.76. The summed E-state index contributed by atoms with van der Waals surface area (Å²) in [6, 6.07) is 0. The molecule has 0 amide bonds. The van der Waals surface area contributed by atoms with Gasteiger partial charge in [-0.2, -0.15) is 4.37 Å². The highest BCUT2D eigenvalue weighted by Gasteiger charge is 1.99. The number of anilines is 1. The highest BCUT2D eigenvalue weighted by atomic mass is 32.1. The van der Waals surface area contributed by atoms with Gasteiger partial charge < -0.3 is 10.5 Å². The van der Waals surface area contributed by atoms with Crippen molar-refractivity contribution in [1.29, 1.82) is 0 Å². The average molecular weight is 187 g/mol. The first kappa shape index (κ1) is 9.41. The number of hydrogen-bond donors (Lipinski definition) is 1. The molecular formula is C7H13N3OS. The predicted molar refractivity (Wildman–Crippen MR) is 49.1 cm³/mol. The lowest BCUT2D eigenvalue weighted by molar-refractivity contribution is 0.138. The van der Waals surface area contributed by atoms with Crippen LogP contribution < -0.4 is 5.73 Å². The van der Waals surface area contributed by atoms with Gasteiger partial charge in [0.05, 0.1) is 6.61 Å². The molecule has 1 aromatic heterocycles. The van der Waals surface area contributed by atoms with Gasteiger partial charge >= 0.3 is 0 Å². The fourth-order valence-electron chi connectivity index (χ4n) is 0.775. The summed E-state index contributed by atoms with van der Waals surface area (Å²) in [5.41, 5.74) is 5.36. The van der Waals surface area contributed by atoms with Crippen LogP contribution in [0.15, 0.2) is 0 Å². The number of rotatable bonds is 5. The van der Waals surface area contributed by atoms with Crippen molar-refractivity contribution < 1.29 is 4.74 Å². The minimum Gasteiger partial charge on any atom is -0.381 e. The first-order valence-electron chi connectivity index (χ1n) is 3.98. The SMILES string of the molecule is CCCOCCc1nc(N)ns1. The van der Waals surface area contributed by atoms with E-state index >= 15 is 0 Å². The quantitative estimate of drug-likeness (QED) is 0.701. The molecule has 0 aliphatic rings. The molecule has 0 fully saturated rings. The zero-order chi connectivity index (χ0) is 8.81. The zero-order valence-electron chi connectivity index (χ0n) is 7.12. The highest BCUT2D eigenvalue weighted by molar-refractivity contribution is 7.05. The summed E-state index contributed by atoms with van der Waals surface area (Å²) in [5, 5.41) is 0.948. The largest absolute Gasteiger partial charge is 0.381 e. The number of ether oxygens (including phenoxy) is 1. The van der Waals surface area contributed by atoms with Crippen LogP contribution in [0.2, 0.25) is 0 Å². The van der Waals surface area contributed by atoms with Crippen LogP contribution >= 0.6 is 11.5 Å². The van der Waals surface area contributed by atoms with Crippen molar-refractivity contribution in [1.82, 2.24) is 9.36 Å². The van der Waals surface area contributed by atoms with Crippen molar-refractivity contribution >= 4 is 17.5 Å². The topological polar surface area (TPSA) is 61.0 Å². The van der Waals surface area contributed by atoms with E-state index in [9.17, 15) is 0 Å². The number of nitrogens with two attached hydrogens (primary N) is 1. The number of nitrogen functional groups attached to an aromatic ring is 1. The lowest BCUT2D eigenvalue weighted by Gasteiger charge is -1.97. The summed E-state index contributed by atoms with van der Waals surface area (Å²) in [5.74, 6) is 0.366. The van der Waals surface area contributed by atoms with E-state index in [0.29, 0.717) is 12.6 Å². The Labute approximate surface area is 75.9 Å². The smallest absolute Gasteiger partial charge is 0.232 e. The Morgan fingerprint density at radius 3 is 2.92 bits per heavy atom. The maximum absolute atomic E-state index is 5.36. The predicted octanol–water partition coefficient (Wildman–Crippen LogP) is 1.09. The standard InChI is InChI=1S/C7H13N3OS/c1-2-4-11-5-3-6-9-7(8)10-12-6/h2-5H2,1H3,(H2,8,10). The Morgan fingerprint density at radius 2 is 2.33 bits per heavy atom. The molecule has 0 saturated carbocycles. The molecule has 5 heteroatoms. The minimum atomic E-state index is 0.366.